The van der Waals surface area contributed by atoms with Crippen molar-refractivity contribution in [3.63, 3.8) is 0 Å². The molecule has 0 atom stereocenters. The van der Waals surface area contributed by atoms with Crippen LogP contribution >= 0.6 is 0 Å². The number of aromatic nitrogens is 7. The van der Waals surface area contributed by atoms with Crippen LogP contribution in [-0.4, -0.2) is 40.6 Å². The maximum atomic E-state index is 13.6. The minimum Gasteiger partial charge on any atom is -0.340 e. The molecule has 3 aromatic carbocycles. The summed E-state index contributed by atoms with van der Waals surface area (Å²) < 4.78 is 16.9. The van der Waals surface area contributed by atoms with E-state index < -0.39 is 5.91 Å². The van der Waals surface area contributed by atoms with Crippen molar-refractivity contribution in [1.82, 2.24) is 40.1 Å². The van der Waals surface area contributed by atoms with Gasteiger partial charge < -0.3 is 10.6 Å². The maximum Gasteiger partial charge on any atom is 0.297 e. The highest BCUT2D eigenvalue weighted by atomic mass is 19.1. The van der Waals surface area contributed by atoms with Gasteiger partial charge in [0.25, 0.3) is 5.91 Å². The van der Waals surface area contributed by atoms with Crippen LogP contribution in [-0.2, 0) is 18.0 Å². The third kappa shape index (κ3) is 4.99. The lowest BCUT2D eigenvalue weighted by atomic mass is 10.1. The van der Waals surface area contributed by atoms with Gasteiger partial charge in [-0.1, -0.05) is 23.4 Å². The van der Waals surface area contributed by atoms with Gasteiger partial charge in [-0.25, -0.2) is 19.0 Å². The van der Waals surface area contributed by atoms with E-state index in [0.717, 1.165) is 38.6 Å². The first-order valence-corrected chi connectivity index (χ1v) is 11.9. The number of carbonyl (C=O) groups is 1. The average Bonchev–Trinajstić information content (AvgIpc) is 3.59. The molecule has 0 radical (unpaired) electrons. The highest BCUT2D eigenvalue weighted by Gasteiger charge is 2.11. The number of hydrogen-bond donors (Lipinski definition) is 2. The second-order valence-electron chi connectivity index (χ2n) is 8.74. The first-order valence-electron chi connectivity index (χ1n) is 11.9. The van der Waals surface area contributed by atoms with Gasteiger partial charge in [-0.3, -0.25) is 9.48 Å². The van der Waals surface area contributed by atoms with Crippen molar-refractivity contribution in [3.8, 4) is 23.6 Å². The lowest BCUT2D eigenvalue weighted by Crippen LogP contribution is -2.24. The van der Waals surface area contributed by atoms with Gasteiger partial charge in [0.05, 0.1) is 30.0 Å². The standard InChI is InChI=1S/C28H20FN9O/c1-2-27(39)32-17-37-15-25(35-36-37)19-6-8-24-23(12-19)28(31-16-30-24)34-22-7-9-26-20(11-22)13-33-38(26)14-18-4-3-5-21(29)10-18/h1,3-13,15-16H,14,17H2,(H,32,39)(H,30,31,34). The predicted molar refractivity (Wildman–Crippen MR) is 144 cm³/mol. The quantitative estimate of drug-likeness (QED) is 0.309. The van der Waals surface area contributed by atoms with Crippen LogP contribution in [0.15, 0.2) is 79.4 Å². The Kier molecular flexibility index (Phi) is 6.10. The molecule has 0 bridgehead atoms. The van der Waals surface area contributed by atoms with Crippen molar-refractivity contribution in [2.45, 2.75) is 13.2 Å². The number of nitrogens with one attached hydrogen (secondary N) is 2. The largest absolute Gasteiger partial charge is 0.340 e. The fourth-order valence-corrected chi connectivity index (χ4v) is 4.26. The summed E-state index contributed by atoms with van der Waals surface area (Å²) in [7, 11) is 0. The van der Waals surface area contributed by atoms with Gasteiger partial charge in [-0.2, -0.15) is 5.10 Å². The van der Waals surface area contributed by atoms with E-state index in [9.17, 15) is 9.18 Å². The van der Waals surface area contributed by atoms with E-state index in [2.05, 4.69) is 36.0 Å². The molecular weight excluding hydrogens is 497 g/mol. The van der Waals surface area contributed by atoms with Crippen LogP contribution in [0.5, 0.6) is 0 Å². The molecular formula is C28H20FN9O. The lowest BCUT2D eigenvalue weighted by Gasteiger charge is -2.10. The smallest absolute Gasteiger partial charge is 0.297 e. The number of rotatable bonds is 7. The van der Waals surface area contributed by atoms with Gasteiger partial charge in [-0.15, -0.1) is 11.5 Å². The van der Waals surface area contributed by atoms with E-state index in [1.54, 1.807) is 18.5 Å². The average molecular weight is 518 g/mol. The van der Waals surface area contributed by atoms with Crippen LogP contribution < -0.4 is 10.6 Å². The third-order valence-corrected chi connectivity index (χ3v) is 6.13. The predicted octanol–water partition coefficient (Wildman–Crippen LogP) is 3.88. The maximum absolute atomic E-state index is 13.6. The van der Waals surface area contributed by atoms with Crippen LogP contribution in [0.2, 0.25) is 0 Å². The molecule has 3 aromatic heterocycles. The number of nitrogens with zero attached hydrogens (tertiary/aromatic N) is 7. The summed E-state index contributed by atoms with van der Waals surface area (Å²) in [5.74, 6) is 1.82. The molecule has 11 heteroatoms. The zero-order chi connectivity index (χ0) is 26.8. The Morgan fingerprint density at radius 3 is 2.87 bits per heavy atom. The Morgan fingerprint density at radius 2 is 2.00 bits per heavy atom. The van der Waals surface area contributed by atoms with Crippen LogP contribution in [0.1, 0.15) is 5.56 Å². The molecule has 2 N–H and O–H groups in total. The fourth-order valence-electron chi connectivity index (χ4n) is 4.26. The van der Waals surface area contributed by atoms with E-state index in [1.165, 1.54) is 23.1 Å². The molecule has 10 nitrogen and oxygen atoms in total. The van der Waals surface area contributed by atoms with Gasteiger partial charge >= 0.3 is 0 Å². The molecule has 39 heavy (non-hydrogen) atoms. The monoisotopic (exact) mass is 517 g/mol. The first kappa shape index (κ1) is 23.7. The highest BCUT2D eigenvalue weighted by Crippen LogP contribution is 2.29. The highest BCUT2D eigenvalue weighted by molar-refractivity contribution is 5.94. The Balaban J connectivity index is 1.25. The minimum absolute atomic E-state index is 0.112. The van der Waals surface area contributed by atoms with Crippen LogP contribution in [0.3, 0.4) is 0 Å². The number of amides is 1. The molecule has 190 valence electrons. The molecule has 0 aliphatic heterocycles. The van der Waals surface area contributed by atoms with E-state index in [1.807, 2.05) is 53.1 Å². The summed E-state index contributed by atoms with van der Waals surface area (Å²) >= 11 is 0. The van der Waals surface area contributed by atoms with E-state index >= 15 is 0 Å². The fraction of sp³-hybridized carbons (Fsp3) is 0.0714. The Hall–Kier alpha value is -5.63. The molecule has 0 saturated heterocycles. The molecule has 0 saturated carbocycles. The molecule has 6 rings (SSSR count). The topological polar surface area (TPSA) is 115 Å². The number of benzene rings is 3. The van der Waals surface area contributed by atoms with Gasteiger partial charge in [0.2, 0.25) is 0 Å². The summed E-state index contributed by atoms with van der Waals surface area (Å²) in [6.45, 7) is 0.578. The van der Waals surface area contributed by atoms with Crippen molar-refractivity contribution >= 4 is 39.2 Å². The van der Waals surface area contributed by atoms with Crippen LogP contribution in [0.25, 0.3) is 33.1 Å². The summed E-state index contributed by atoms with van der Waals surface area (Å²) in [5.41, 5.74) is 4.78. The van der Waals surface area contributed by atoms with Gasteiger partial charge in [-0.05, 0) is 53.9 Å². The molecule has 0 unspecified atom stereocenters. The summed E-state index contributed by atoms with van der Waals surface area (Å²) in [6, 6.07) is 18.1. The molecule has 3 heterocycles. The van der Waals surface area contributed by atoms with Crippen molar-refractivity contribution in [2.24, 2.45) is 0 Å². The second kappa shape index (κ2) is 10.0. The molecule has 0 spiro atoms. The normalized spacial score (nSPS) is 11.0. The lowest BCUT2D eigenvalue weighted by molar-refractivity contribution is -0.116. The molecule has 1 amide bonds. The van der Waals surface area contributed by atoms with Crippen molar-refractivity contribution in [1.29, 1.82) is 0 Å². The van der Waals surface area contributed by atoms with Gasteiger partial charge in [0.1, 0.15) is 30.3 Å². The summed E-state index contributed by atoms with van der Waals surface area (Å²) in [5, 5.41) is 20.4. The number of terminal acetylenes is 1. The number of halogens is 1. The zero-order valence-electron chi connectivity index (χ0n) is 20.4. The molecule has 0 aliphatic carbocycles. The zero-order valence-corrected chi connectivity index (χ0v) is 20.4. The van der Waals surface area contributed by atoms with Gasteiger partial charge in [0.15, 0.2) is 0 Å². The molecule has 0 fully saturated rings. The second-order valence-corrected chi connectivity index (χ2v) is 8.74. The summed E-state index contributed by atoms with van der Waals surface area (Å²) in [4.78, 5) is 20.2. The van der Waals surface area contributed by atoms with E-state index in [-0.39, 0.29) is 12.5 Å². The number of fused-ring (bicyclic) bond motifs is 2. The van der Waals surface area contributed by atoms with Crippen molar-refractivity contribution < 1.29 is 9.18 Å². The van der Waals surface area contributed by atoms with Crippen LogP contribution in [0.4, 0.5) is 15.9 Å². The Bertz CT molecular complexity index is 1890. The third-order valence-electron chi connectivity index (χ3n) is 6.13. The number of hydrogen-bond acceptors (Lipinski definition) is 7. The minimum atomic E-state index is -0.525. The number of anilines is 2. The number of carbonyl (C=O) groups excluding carboxylic acids is 1. The SMILES string of the molecule is C#CC(=O)NCn1cc(-c2ccc3ncnc(Nc4ccc5c(cnn5Cc5cccc(F)c5)c4)c3c2)nn1. The molecule has 0 aliphatic rings. The van der Waals surface area contributed by atoms with E-state index in [0.29, 0.717) is 18.1 Å². The Morgan fingerprint density at radius 1 is 1.08 bits per heavy atom. The van der Waals surface area contributed by atoms with Crippen molar-refractivity contribution in [2.75, 3.05) is 5.32 Å². The van der Waals surface area contributed by atoms with Crippen LogP contribution in [0, 0.1) is 18.2 Å². The summed E-state index contributed by atoms with van der Waals surface area (Å²) in [6.07, 6.45) is 10.1. The first-order chi connectivity index (χ1) is 19.1. The van der Waals surface area contributed by atoms with Crippen molar-refractivity contribution in [3.05, 3.63) is 90.8 Å². The molecule has 6 aromatic rings. The van der Waals surface area contributed by atoms with E-state index in [4.69, 9.17) is 6.42 Å². The van der Waals surface area contributed by atoms with Gasteiger partial charge in [0, 0.05) is 22.0 Å². The Labute approximate surface area is 221 Å².